The molecule has 3 aromatic rings. The zero-order valence-corrected chi connectivity index (χ0v) is 21.8. The Morgan fingerprint density at radius 3 is 2.42 bits per heavy atom. The number of sulfone groups is 1. The Labute approximate surface area is 204 Å². The molecule has 0 atom stereocenters. The van der Waals surface area contributed by atoms with Crippen LogP contribution < -0.4 is 4.90 Å². The molecule has 3 rings (SSSR count). The zero-order valence-electron chi connectivity index (χ0n) is 19.4. The van der Waals surface area contributed by atoms with Crippen molar-refractivity contribution in [2.45, 2.75) is 36.5 Å². The van der Waals surface area contributed by atoms with Crippen molar-refractivity contribution in [1.29, 1.82) is 0 Å². The van der Waals surface area contributed by atoms with Gasteiger partial charge in [-0.1, -0.05) is 49.4 Å². The molecule has 2 aromatic carbocycles. The second-order valence-corrected chi connectivity index (χ2v) is 11.6. The number of likely N-dealkylation sites (N-methyl/N-ethyl adjacent to an activating group) is 1. The van der Waals surface area contributed by atoms with E-state index in [9.17, 15) is 13.2 Å². The summed E-state index contributed by atoms with van der Waals surface area (Å²) in [6, 6.07) is 14.5. The lowest BCUT2D eigenvalue weighted by molar-refractivity contribution is -0.118. The van der Waals surface area contributed by atoms with Gasteiger partial charge in [0.25, 0.3) is 0 Å². The third-order valence-electron chi connectivity index (χ3n) is 5.56. The van der Waals surface area contributed by atoms with Gasteiger partial charge in [0.2, 0.25) is 5.91 Å². The van der Waals surface area contributed by atoms with Gasteiger partial charge in [0.1, 0.15) is 0 Å². The van der Waals surface area contributed by atoms with Crippen molar-refractivity contribution in [2.75, 3.05) is 43.1 Å². The molecule has 1 aromatic heterocycles. The van der Waals surface area contributed by atoms with Gasteiger partial charge in [-0.25, -0.2) is 13.4 Å². The van der Waals surface area contributed by atoms with Crippen LogP contribution in [0.25, 0.3) is 10.2 Å². The van der Waals surface area contributed by atoms with Crippen LogP contribution in [0.2, 0.25) is 0 Å². The van der Waals surface area contributed by atoms with Crippen LogP contribution in [0.3, 0.4) is 0 Å². The number of para-hydroxylation sites is 1. The van der Waals surface area contributed by atoms with Gasteiger partial charge < -0.3 is 4.90 Å². The molecule has 33 heavy (non-hydrogen) atoms. The lowest BCUT2D eigenvalue weighted by atomic mass is 10.3. The molecule has 0 aliphatic heterocycles. The monoisotopic (exact) mass is 505 g/mol. The number of anilines is 1. The summed E-state index contributed by atoms with van der Waals surface area (Å²) in [6.45, 7) is 7.29. The van der Waals surface area contributed by atoms with E-state index in [-0.39, 0.29) is 24.5 Å². The molecule has 0 spiro atoms. The molecule has 0 unspecified atom stereocenters. The van der Waals surface area contributed by atoms with E-state index in [1.165, 1.54) is 11.3 Å². The highest BCUT2D eigenvalue weighted by molar-refractivity contribution is 7.98. The Bertz CT molecular complexity index is 1160. The van der Waals surface area contributed by atoms with Crippen LogP contribution in [-0.4, -0.2) is 62.4 Å². The Morgan fingerprint density at radius 1 is 1.03 bits per heavy atom. The van der Waals surface area contributed by atoms with Crippen LogP contribution in [0.1, 0.15) is 26.7 Å². The lowest BCUT2D eigenvalue weighted by Crippen LogP contribution is -2.38. The van der Waals surface area contributed by atoms with Crippen molar-refractivity contribution in [3.8, 4) is 0 Å². The highest BCUT2D eigenvalue weighted by Crippen LogP contribution is 2.34. The van der Waals surface area contributed by atoms with Crippen molar-refractivity contribution in [3.05, 3.63) is 48.5 Å². The maximum absolute atomic E-state index is 13.3. The van der Waals surface area contributed by atoms with E-state index in [4.69, 9.17) is 4.98 Å². The number of benzene rings is 2. The molecular weight excluding hydrogens is 474 g/mol. The van der Waals surface area contributed by atoms with Gasteiger partial charge in [-0.3, -0.25) is 9.69 Å². The summed E-state index contributed by atoms with van der Waals surface area (Å²) in [7, 11) is -3.40. The fourth-order valence-electron chi connectivity index (χ4n) is 3.59. The molecule has 0 N–H and O–H groups in total. The highest BCUT2D eigenvalue weighted by Gasteiger charge is 2.22. The van der Waals surface area contributed by atoms with Crippen LogP contribution in [0, 0.1) is 0 Å². The number of nitrogens with zero attached hydrogens (tertiary/aromatic N) is 3. The molecule has 6 nitrogen and oxygen atoms in total. The second kappa shape index (κ2) is 12.0. The molecule has 1 heterocycles. The fourth-order valence-corrected chi connectivity index (χ4v) is 6.59. The van der Waals surface area contributed by atoms with Crippen LogP contribution in [0.4, 0.5) is 5.13 Å². The van der Waals surface area contributed by atoms with Gasteiger partial charge in [0.15, 0.2) is 15.0 Å². The van der Waals surface area contributed by atoms with E-state index < -0.39 is 9.84 Å². The first-order chi connectivity index (χ1) is 15.9. The first-order valence-corrected chi connectivity index (χ1v) is 14.8. The predicted octanol–water partition coefficient (Wildman–Crippen LogP) is 4.95. The summed E-state index contributed by atoms with van der Waals surface area (Å²) in [5, 5.41) is 0.676. The molecule has 1 amide bonds. The molecule has 0 saturated heterocycles. The van der Waals surface area contributed by atoms with Crippen LogP contribution in [-0.2, 0) is 14.6 Å². The number of hydrogen-bond donors (Lipinski definition) is 0. The number of carbonyl (C=O) groups is 1. The predicted molar refractivity (Wildman–Crippen MR) is 139 cm³/mol. The summed E-state index contributed by atoms with van der Waals surface area (Å²) in [5.41, 5.74) is 0.914. The molecule has 0 aliphatic carbocycles. The minimum absolute atomic E-state index is 0.0525. The molecule has 0 aliphatic rings. The van der Waals surface area contributed by atoms with E-state index in [0.29, 0.717) is 16.6 Å². The SMILES string of the molecule is CCN(CC)CCN(C(=O)CCCS(=O)(=O)c1ccccc1)c1nc2c(SC)cccc2s1. The van der Waals surface area contributed by atoms with Crippen molar-refractivity contribution < 1.29 is 13.2 Å². The average Bonchev–Trinajstić information content (AvgIpc) is 3.26. The smallest absolute Gasteiger partial charge is 0.228 e. The quantitative estimate of drug-likeness (QED) is 0.325. The van der Waals surface area contributed by atoms with E-state index in [0.717, 1.165) is 34.7 Å². The van der Waals surface area contributed by atoms with Crippen molar-refractivity contribution in [1.82, 2.24) is 9.88 Å². The molecule has 0 saturated carbocycles. The largest absolute Gasteiger partial charge is 0.302 e. The summed E-state index contributed by atoms with van der Waals surface area (Å²) in [6.07, 6.45) is 2.46. The van der Waals surface area contributed by atoms with Gasteiger partial charge in [-0.05, 0) is 50.0 Å². The highest BCUT2D eigenvalue weighted by atomic mass is 32.2. The summed E-state index contributed by atoms with van der Waals surface area (Å²) >= 11 is 3.15. The van der Waals surface area contributed by atoms with Crippen LogP contribution in [0.5, 0.6) is 0 Å². The first kappa shape index (κ1) is 25.7. The van der Waals surface area contributed by atoms with Crippen LogP contribution >= 0.6 is 23.1 Å². The van der Waals surface area contributed by atoms with Gasteiger partial charge >= 0.3 is 0 Å². The van der Waals surface area contributed by atoms with Crippen molar-refractivity contribution in [3.63, 3.8) is 0 Å². The number of amides is 1. The minimum atomic E-state index is -3.40. The Kier molecular flexibility index (Phi) is 9.31. The van der Waals surface area contributed by atoms with E-state index in [2.05, 4.69) is 18.7 Å². The molecule has 0 bridgehead atoms. The normalized spacial score (nSPS) is 11.9. The fraction of sp³-hybridized carbons (Fsp3) is 0.417. The number of thiazole rings is 1. The number of rotatable bonds is 12. The molecular formula is C24H31N3O3S3. The number of thioether (sulfide) groups is 1. The number of fused-ring (bicyclic) bond motifs is 1. The third-order valence-corrected chi connectivity index (χ3v) is 9.19. The van der Waals surface area contributed by atoms with E-state index >= 15 is 0 Å². The number of hydrogen-bond acceptors (Lipinski definition) is 7. The maximum Gasteiger partial charge on any atom is 0.228 e. The number of aromatic nitrogens is 1. The average molecular weight is 506 g/mol. The van der Waals surface area contributed by atoms with Crippen molar-refractivity contribution in [2.24, 2.45) is 0 Å². The molecule has 0 fully saturated rings. The third kappa shape index (κ3) is 6.56. The topological polar surface area (TPSA) is 70.6 Å². The van der Waals surface area contributed by atoms with E-state index in [1.54, 1.807) is 47.0 Å². The standard InChI is InChI=1S/C24H31N3O3S3/c1-4-26(5-2)16-17-27(24-25-23-20(31-3)13-9-14-21(23)32-24)22(28)15-10-18-33(29,30)19-11-7-6-8-12-19/h6-9,11-14H,4-5,10,15-18H2,1-3H3. The first-order valence-electron chi connectivity index (χ1n) is 11.1. The number of carbonyl (C=O) groups excluding carboxylic acids is 1. The van der Waals surface area contributed by atoms with Gasteiger partial charge in [-0.2, -0.15) is 0 Å². The van der Waals surface area contributed by atoms with Gasteiger partial charge in [0.05, 0.1) is 20.9 Å². The second-order valence-electron chi connectivity index (χ2n) is 7.61. The lowest BCUT2D eigenvalue weighted by Gasteiger charge is -2.24. The molecule has 0 radical (unpaired) electrons. The maximum atomic E-state index is 13.3. The molecule has 9 heteroatoms. The Balaban J connectivity index is 1.77. The molecule has 178 valence electrons. The Morgan fingerprint density at radius 2 is 1.76 bits per heavy atom. The zero-order chi connectivity index (χ0) is 23.8. The van der Waals surface area contributed by atoms with Crippen molar-refractivity contribution >= 4 is 54.2 Å². The van der Waals surface area contributed by atoms with Gasteiger partial charge in [-0.15, -0.1) is 11.8 Å². The summed E-state index contributed by atoms with van der Waals surface area (Å²) in [5.74, 6) is -0.140. The summed E-state index contributed by atoms with van der Waals surface area (Å²) in [4.78, 5) is 23.4. The Hall–Kier alpha value is -1.94. The van der Waals surface area contributed by atoms with E-state index in [1.807, 2.05) is 24.5 Å². The minimum Gasteiger partial charge on any atom is -0.302 e. The summed E-state index contributed by atoms with van der Waals surface area (Å²) < 4.78 is 26.2. The van der Waals surface area contributed by atoms with Gasteiger partial charge in [0, 0.05) is 24.4 Å². The van der Waals surface area contributed by atoms with Crippen LogP contribution in [0.15, 0.2) is 58.3 Å².